The van der Waals surface area contributed by atoms with Crippen molar-refractivity contribution in [2.75, 3.05) is 33.2 Å². The molecule has 0 spiro atoms. The van der Waals surface area contributed by atoms with Crippen LogP contribution in [0.5, 0.6) is 0 Å². The number of aromatic nitrogens is 2. The van der Waals surface area contributed by atoms with Crippen LogP contribution in [0, 0.1) is 0 Å². The van der Waals surface area contributed by atoms with Crippen molar-refractivity contribution in [3.8, 4) is 0 Å². The van der Waals surface area contributed by atoms with E-state index in [4.69, 9.17) is 4.42 Å². The smallest absolute Gasteiger partial charge is 0.287 e. The molecule has 0 atom stereocenters. The Labute approximate surface area is 153 Å². The normalized spacial score (nSPS) is 18.0. The molecule has 1 aliphatic carbocycles. The summed E-state index contributed by atoms with van der Waals surface area (Å²) in [7, 11) is 2.14. The van der Waals surface area contributed by atoms with Crippen LogP contribution in [0.3, 0.4) is 0 Å². The molecule has 0 unspecified atom stereocenters. The number of aryl methyl sites for hydroxylation is 2. The number of amides is 1. The van der Waals surface area contributed by atoms with E-state index in [1.54, 1.807) is 6.07 Å². The fourth-order valence-corrected chi connectivity index (χ4v) is 3.50. The van der Waals surface area contributed by atoms with Crippen molar-refractivity contribution in [2.24, 2.45) is 0 Å². The number of likely N-dealkylation sites (N-methyl/N-ethyl adjacent to an activating group) is 1. The average molecular weight is 355 g/mol. The first kappa shape index (κ1) is 17.2. The van der Waals surface area contributed by atoms with Crippen LogP contribution < -0.4 is 5.32 Å². The lowest BCUT2D eigenvalue weighted by molar-refractivity contribution is 0.0915. The highest BCUT2D eigenvalue weighted by Crippen LogP contribution is 2.18. The van der Waals surface area contributed by atoms with E-state index >= 15 is 0 Å². The summed E-state index contributed by atoms with van der Waals surface area (Å²) in [4.78, 5) is 25.9. The minimum Gasteiger partial charge on any atom is -0.455 e. The second-order valence-electron chi connectivity index (χ2n) is 7.14. The molecular formula is C19H25N5O2. The molecule has 7 nitrogen and oxygen atoms in total. The van der Waals surface area contributed by atoms with Gasteiger partial charge in [0.05, 0.1) is 13.1 Å². The molecular weight excluding hydrogens is 330 g/mol. The summed E-state index contributed by atoms with van der Waals surface area (Å²) in [5, 5.41) is 2.85. The van der Waals surface area contributed by atoms with Crippen molar-refractivity contribution < 1.29 is 9.21 Å². The van der Waals surface area contributed by atoms with Gasteiger partial charge in [-0.15, -0.1) is 0 Å². The Hall–Kier alpha value is -2.25. The van der Waals surface area contributed by atoms with Gasteiger partial charge in [-0.05, 0) is 44.0 Å². The van der Waals surface area contributed by atoms with Crippen molar-refractivity contribution >= 4 is 5.91 Å². The van der Waals surface area contributed by atoms with Crippen molar-refractivity contribution in [3.05, 3.63) is 46.9 Å². The first-order chi connectivity index (χ1) is 12.7. The third kappa shape index (κ3) is 3.94. The SMILES string of the molecule is CN1CCN(Cc2ccc(C(=O)NCc3ncc4c(n3)CCC4)o2)CC1. The molecule has 7 heteroatoms. The number of hydrogen-bond acceptors (Lipinski definition) is 6. The highest BCUT2D eigenvalue weighted by Gasteiger charge is 2.18. The third-order valence-electron chi connectivity index (χ3n) is 5.13. The fraction of sp³-hybridized carbons (Fsp3) is 0.526. The number of rotatable bonds is 5. The summed E-state index contributed by atoms with van der Waals surface area (Å²) in [5.74, 6) is 1.60. The Morgan fingerprint density at radius 2 is 2.08 bits per heavy atom. The second kappa shape index (κ2) is 7.55. The van der Waals surface area contributed by atoms with Crippen molar-refractivity contribution in [1.29, 1.82) is 0 Å². The van der Waals surface area contributed by atoms with Gasteiger partial charge in [0.15, 0.2) is 5.76 Å². The van der Waals surface area contributed by atoms with E-state index in [2.05, 4.69) is 32.1 Å². The first-order valence-electron chi connectivity index (χ1n) is 9.29. The minimum atomic E-state index is -0.223. The van der Waals surface area contributed by atoms with Crippen molar-refractivity contribution in [2.45, 2.75) is 32.4 Å². The number of fused-ring (bicyclic) bond motifs is 1. The van der Waals surface area contributed by atoms with Gasteiger partial charge in [0, 0.05) is 38.1 Å². The Balaban J connectivity index is 1.30. The zero-order valence-corrected chi connectivity index (χ0v) is 15.2. The molecule has 4 rings (SSSR count). The molecule has 1 amide bonds. The molecule has 1 fully saturated rings. The number of carbonyl (C=O) groups is 1. The van der Waals surface area contributed by atoms with Crippen LogP contribution in [-0.2, 0) is 25.9 Å². The summed E-state index contributed by atoms with van der Waals surface area (Å²) >= 11 is 0. The topological polar surface area (TPSA) is 74.5 Å². The van der Waals surface area contributed by atoms with Gasteiger partial charge in [0.2, 0.25) is 0 Å². The molecule has 1 saturated heterocycles. The second-order valence-corrected chi connectivity index (χ2v) is 7.14. The summed E-state index contributed by atoms with van der Waals surface area (Å²) < 4.78 is 5.73. The van der Waals surface area contributed by atoms with Crippen molar-refractivity contribution in [1.82, 2.24) is 25.1 Å². The fourth-order valence-electron chi connectivity index (χ4n) is 3.50. The Morgan fingerprint density at radius 3 is 2.92 bits per heavy atom. The third-order valence-corrected chi connectivity index (χ3v) is 5.13. The molecule has 0 aromatic carbocycles. The molecule has 138 valence electrons. The minimum absolute atomic E-state index is 0.223. The Morgan fingerprint density at radius 1 is 1.23 bits per heavy atom. The lowest BCUT2D eigenvalue weighted by Crippen LogP contribution is -2.43. The molecule has 0 bridgehead atoms. The van der Waals surface area contributed by atoms with E-state index < -0.39 is 0 Å². The van der Waals surface area contributed by atoms with Gasteiger partial charge in [0.25, 0.3) is 5.91 Å². The quantitative estimate of drug-likeness (QED) is 0.870. The van der Waals surface area contributed by atoms with Gasteiger partial charge in [-0.1, -0.05) is 0 Å². The van der Waals surface area contributed by atoms with Crippen molar-refractivity contribution in [3.63, 3.8) is 0 Å². The highest BCUT2D eigenvalue weighted by molar-refractivity contribution is 5.91. The lowest BCUT2D eigenvalue weighted by atomic mass is 10.3. The number of nitrogens with zero attached hydrogens (tertiary/aromatic N) is 4. The molecule has 2 aromatic rings. The van der Waals surface area contributed by atoms with Crippen LogP contribution in [0.15, 0.2) is 22.7 Å². The van der Waals surface area contributed by atoms with E-state index in [0.717, 1.165) is 63.4 Å². The molecule has 0 saturated carbocycles. The lowest BCUT2D eigenvalue weighted by Gasteiger charge is -2.31. The van der Waals surface area contributed by atoms with Gasteiger partial charge >= 0.3 is 0 Å². The average Bonchev–Trinajstić information content (AvgIpc) is 3.30. The molecule has 3 heterocycles. The van der Waals surface area contributed by atoms with E-state index in [-0.39, 0.29) is 5.91 Å². The zero-order valence-electron chi connectivity index (χ0n) is 15.2. The Bertz CT molecular complexity index is 780. The maximum atomic E-state index is 12.3. The predicted molar refractivity (Wildman–Crippen MR) is 96.7 cm³/mol. The first-order valence-corrected chi connectivity index (χ1v) is 9.29. The maximum absolute atomic E-state index is 12.3. The van der Waals surface area contributed by atoms with Crippen LogP contribution in [0.25, 0.3) is 0 Å². The van der Waals surface area contributed by atoms with Gasteiger partial charge < -0.3 is 14.6 Å². The molecule has 1 N–H and O–H groups in total. The standard InChI is InChI=1S/C19H25N5O2/c1-23-7-9-24(10-8-23)13-15-5-6-17(26-15)19(25)21-12-18-20-11-14-3-2-4-16(14)22-18/h5-6,11H,2-4,7-10,12-13H2,1H3,(H,21,25). The molecule has 0 radical (unpaired) electrons. The van der Waals surface area contributed by atoms with E-state index in [1.165, 1.54) is 5.56 Å². The van der Waals surface area contributed by atoms with Gasteiger partial charge in [-0.25, -0.2) is 9.97 Å². The van der Waals surface area contributed by atoms with E-state index in [0.29, 0.717) is 18.1 Å². The van der Waals surface area contributed by atoms with Crippen LogP contribution in [0.4, 0.5) is 0 Å². The van der Waals surface area contributed by atoms with Gasteiger partial charge in [-0.3, -0.25) is 9.69 Å². The van der Waals surface area contributed by atoms with E-state index in [1.807, 2.05) is 12.3 Å². The number of furan rings is 1. The monoisotopic (exact) mass is 355 g/mol. The van der Waals surface area contributed by atoms with Crippen LogP contribution in [0.1, 0.15) is 39.8 Å². The number of piperazine rings is 1. The molecule has 2 aromatic heterocycles. The summed E-state index contributed by atoms with van der Waals surface area (Å²) in [6, 6.07) is 3.63. The summed E-state index contributed by atoms with van der Waals surface area (Å²) in [5.41, 5.74) is 2.36. The number of carbonyl (C=O) groups excluding carboxylic acids is 1. The number of hydrogen-bond donors (Lipinski definition) is 1. The van der Waals surface area contributed by atoms with Crippen LogP contribution in [0.2, 0.25) is 0 Å². The Kier molecular flexibility index (Phi) is 4.99. The number of nitrogens with one attached hydrogen (secondary N) is 1. The van der Waals surface area contributed by atoms with E-state index in [9.17, 15) is 4.79 Å². The maximum Gasteiger partial charge on any atom is 0.287 e. The molecule has 26 heavy (non-hydrogen) atoms. The molecule has 2 aliphatic rings. The summed E-state index contributed by atoms with van der Waals surface area (Å²) in [6.45, 7) is 5.24. The van der Waals surface area contributed by atoms with Crippen LogP contribution in [-0.4, -0.2) is 58.9 Å². The van der Waals surface area contributed by atoms with Gasteiger partial charge in [0.1, 0.15) is 11.6 Å². The van der Waals surface area contributed by atoms with Crippen LogP contribution >= 0.6 is 0 Å². The highest BCUT2D eigenvalue weighted by atomic mass is 16.4. The largest absolute Gasteiger partial charge is 0.455 e. The predicted octanol–water partition coefficient (Wildman–Crippen LogP) is 1.24. The summed E-state index contributed by atoms with van der Waals surface area (Å²) in [6.07, 6.45) is 5.09. The zero-order chi connectivity index (χ0) is 17.9. The van der Waals surface area contributed by atoms with Gasteiger partial charge in [-0.2, -0.15) is 0 Å². The molecule has 1 aliphatic heterocycles.